The van der Waals surface area contributed by atoms with Crippen LogP contribution < -0.4 is 14.8 Å². The Hall–Kier alpha value is -1.46. The van der Waals surface area contributed by atoms with E-state index in [4.69, 9.17) is 21.1 Å². The number of likely N-dealkylation sites (tertiary alicyclic amines) is 1. The molecule has 1 saturated heterocycles. The number of hydrogen-bond acceptors (Lipinski definition) is 4. The van der Waals surface area contributed by atoms with Gasteiger partial charge in [0.2, 0.25) is 5.91 Å². The van der Waals surface area contributed by atoms with Gasteiger partial charge in [-0.1, -0.05) is 18.0 Å². The number of halogens is 1. The van der Waals surface area contributed by atoms with Crippen LogP contribution in [0.15, 0.2) is 12.1 Å². The molecule has 1 heterocycles. The number of ether oxygens (including phenoxy) is 2. The number of carbonyl (C=O) groups is 1. The topological polar surface area (TPSA) is 50.8 Å². The molecule has 0 radical (unpaired) electrons. The largest absolute Gasteiger partial charge is 0.495 e. The number of nitrogens with one attached hydrogen (secondary N) is 1. The van der Waals surface area contributed by atoms with E-state index in [1.807, 2.05) is 0 Å². The molecule has 1 aromatic carbocycles. The summed E-state index contributed by atoms with van der Waals surface area (Å²) in [6, 6.07) is 3.31. The van der Waals surface area contributed by atoms with E-state index in [-0.39, 0.29) is 5.91 Å². The van der Waals surface area contributed by atoms with Crippen LogP contribution in [-0.2, 0) is 4.79 Å². The van der Waals surface area contributed by atoms with Crippen LogP contribution in [0.4, 0.5) is 5.69 Å². The molecule has 0 atom stereocenters. The number of benzene rings is 1. The van der Waals surface area contributed by atoms with Gasteiger partial charge in [-0.15, -0.1) is 0 Å². The molecular formula is C15H21ClN2O3. The van der Waals surface area contributed by atoms with Crippen molar-refractivity contribution < 1.29 is 14.3 Å². The van der Waals surface area contributed by atoms with Gasteiger partial charge >= 0.3 is 0 Å². The first-order valence-corrected chi connectivity index (χ1v) is 7.45. The standard InChI is InChI=1S/C15H21ClN2O3/c1-20-13-9-12(14(21-2)8-11(13)16)17-15(19)10-18-6-4-3-5-7-18/h8-9H,3-7,10H2,1-2H3,(H,17,19). The summed E-state index contributed by atoms with van der Waals surface area (Å²) >= 11 is 6.05. The van der Waals surface area contributed by atoms with Gasteiger partial charge in [0.25, 0.3) is 0 Å². The fraction of sp³-hybridized carbons (Fsp3) is 0.533. The summed E-state index contributed by atoms with van der Waals surface area (Å²) in [4.78, 5) is 14.3. The first-order chi connectivity index (χ1) is 10.1. The minimum absolute atomic E-state index is 0.0559. The average Bonchev–Trinajstić information content (AvgIpc) is 2.49. The molecule has 2 rings (SSSR count). The van der Waals surface area contributed by atoms with E-state index in [2.05, 4.69) is 10.2 Å². The number of methoxy groups -OCH3 is 2. The van der Waals surface area contributed by atoms with Gasteiger partial charge in [-0.25, -0.2) is 0 Å². The zero-order chi connectivity index (χ0) is 15.2. The van der Waals surface area contributed by atoms with E-state index in [1.54, 1.807) is 19.2 Å². The lowest BCUT2D eigenvalue weighted by molar-refractivity contribution is -0.117. The summed E-state index contributed by atoms with van der Waals surface area (Å²) in [5, 5.41) is 3.31. The van der Waals surface area contributed by atoms with E-state index >= 15 is 0 Å². The molecular weight excluding hydrogens is 292 g/mol. The van der Waals surface area contributed by atoms with Crippen molar-refractivity contribution in [1.82, 2.24) is 4.90 Å². The van der Waals surface area contributed by atoms with E-state index in [0.717, 1.165) is 25.9 Å². The number of carbonyl (C=O) groups excluding carboxylic acids is 1. The smallest absolute Gasteiger partial charge is 0.238 e. The first-order valence-electron chi connectivity index (χ1n) is 7.07. The van der Waals surface area contributed by atoms with Crippen molar-refractivity contribution in [2.24, 2.45) is 0 Å². The highest BCUT2D eigenvalue weighted by Crippen LogP contribution is 2.35. The monoisotopic (exact) mass is 312 g/mol. The second kappa shape index (κ2) is 7.52. The maximum atomic E-state index is 12.2. The molecule has 1 N–H and O–H groups in total. The Kier molecular flexibility index (Phi) is 5.70. The molecule has 1 fully saturated rings. The van der Waals surface area contributed by atoms with Crippen LogP contribution in [-0.4, -0.2) is 44.7 Å². The third-order valence-electron chi connectivity index (χ3n) is 3.56. The number of piperidine rings is 1. The van der Waals surface area contributed by atoms with Gasteiger partial charge in [-0.2, -0.15) is 0 Å². The number of hydrogen-bond donors (Lipinski definition) is 1. The van der Waals surface area contributed by atoms with Gasteiger partial charge in [0.05, 0.1) is 31.5 Å². The summed E-state index contributed by atoms with van der Waals surface area (Å²) in [6.07, 6.45) is 3.57. The molecule has 6 heteroatoms. The van der Waals surface area contributed by atoms with Gasteiger partial charge in [0, 0.05) is 12.1 Å². The Morgan fingerprint density at radius 1 is 1.19 bits per heavy atom. The Balaban J connectivity index is 2.05. The molecule has 21 heavy (non-hydrogen) atoms. The van der Waals surface area contributed by atoms with E-state index in [0.29, 0.717) is 28.8 Å². The zero-order valence-corrected chi connectivity index (χ0v) is 13.2. The van der Waals surface area contributed by atoms with Crippen molar-refractivity contribution in [2.75, 3.05) is 39.2 Å². The number of amides is 1. The molecule has 1 aromatic rings. The first kappa shape index (κ1) is 15.9. The highest BCUT2D eigenvalue weighted by Gasteiger charge is 2.16. The Labute approximate surface area is 130 Å². The lowest BCUT2D eigenvalue weighted by atomic mass is 10.1. The Morgan fingerprint density at radius 2 is 1.86 bits per heavy atom. The Bertz CT molecular complexity index is 502. The van der Waals surface area contributed by atoms with Gasteiger partial charge < -0.3 is 14.8 Å². The van der Waals surface area contributed by atoms with Crippen molar-refractivity contribution >= 4 is 23.2 Å². The molecule has 5 nitrogen and oxygen atoms in total. The third kappa shape index (κ3) is 4.25. The number of nitrogens with zero attached hydrogens (tertiary/aromatic N) is 1. The Morgan fingerprint density at radius 3 is 2.48 bits per heavy atom. The fourth-order valence-electron chi connectivity index (χ4n) is 2.47. The minimum Gasteiger partial charge on any atom is -0.495 e. The summed E-state index contributed by atoms with van der Waals surface area (Å²) in [5.41, 5.74) is 0.570. The van der Waals surface area contributed by atoms with Crippen LogP contribution in [0.1, 0.15) is 19.3 Å². The zero-order valence-electron chi connectivity index (χ0n) is 12.4. The average molecular weight is 313 g/mol. The molecule has 1 amide bonds. The maximum absolute atomic E-state index is 12.2. The second-order valence-corrected chi connectivity index (χ2v) is 5.48. The minimum atomic E-state index is -0.0559. The van der Waals surface area contributed by atoms with Gasteiger partial charge in [0.1, 0.15) is 11.5 Å². The SMILES string of the molecule is COc1cc(NC(=O)CN2CCCCC2)c(OC)cc1Cl. The van der Waals surface area contributed by atoms with E-state index in [9.17, 15) is 4.79 Å². The summed E-state index contributed by atoms with van der Waals surface area (Å²) in [7, 11) is 3.07. The second-order valence-electron chi connectivity index (χ2n) is 5.07. The third-order valence-corrected chi connectivity index (χ3v) is 3.86. The quantitative estimate of drug-likeness (QED) is 0.908. The van der Waals surface area contributed by atoms with Crippen LogP contribution >= 0.6 is 11.6 Å². The number of rotatable bonds is 5. The van der Waals surface area contributed by atoms with E-state index < -0.39 is 0 Å². The van der Waals surface area contributed by atoms with Crippen molar-refractivity contribution in [3.63, 3.8) is 0 Å². The van der Waals surface area contributed by atoms with Crippen LogP contribution in [0.5, 0.6) is 11.5 Å². The fourth-order valence-corrected chi connectivity index (χ4v) is 2.70. The van der Waals surface area contributed by atoms with Crippen LogP contribution in [0, 0.1) is 0 Å². The van der Waals surface area contributed by atoms with Crippen LogP contribution in [0.2, 0.25) is 5.02 Å². The summed E-state index contributed by atoms with van der Waals surface area (Å²) < 4.78 is 10.4. The molecule has 1 aliphatic rings. The van der Waals surface area contributed by atoms with Crippen molar-refractivity contribution in [3.05, 3.63) is 17.2 Å². The summed E-state index contributed by atoms with van der Waals surface area (Å²) in [6.45, 7) is 2.36. The van der Waals surface area contributed by atoms with Gasteiger partial charge in [-0.3, -0.25) is 9.69 Å². The van der Waals surface area contributed by atoms with Gasteiger partial charge in [-0.05, 0) is 25.9 Å². The van der Waals surface area contributed by atoms with Crippen molar-refractivity contribution in [2.45, 2.75) is 19.3 Å². The van der Waals surface area contributed by atoms with Crippen molar-refractivity contribution in [1.29, 1.82) is 0 Å². The molecule has 0 spiro atoms. The molecule has 116 valence electrons. The molecule has 0 saturated carbocycles. The molecule has 0 bridgehead atoms. The predicted molar refractivity (Wildman–Crippen MR) is 83.5 cm³/mol. The van der Waals surface area contributed by atoms with Gasteiger partial charge in [0.15, 0.2) is 0 Å². The summed E-state index contributed by atoms with van der Waals surface area (Å²) in [5.74, 6) is 0.970. The lowest BCUT2D eigenvalue weighted by Gasteiger charge is -2.25. The normalized spacial score (nSPS) is 15.6. The molecule has 1 aliphatic heterocycles. The predicted octanol–water partition coefficient (Wildman–Crippen LogP) is 2.78. The molecule has 0 unspecified atom stereocenters. The van der Waals surface area contributed by atoms with E-state index in [1.165, 1.54) is 13.5 Å². The number of anilines is 1. The molecule has 0 aromatic heterocycles. The highest BCUT2D eigenvalue weighted by atomic mass is 35.5. The van der Waals surface area contributed by atoms with Crippen LogP contribution in [0.3, 0.4) is 0 Å². The van der Waals surface area contributed by atoms with Crippen molar-refractivity contribution in [3.8, 4) is 11.5 Å². The maximum Gasteiger partial charge on any atom is 0.238 e. The van der Waals surface area contributed by atoms with Crippen LogP contribution in [0.25, 0.3) is 0 Å². The lowest BCUT2D eigenvalue weighted by Crippen LogP contribution is -2.36. The highest BCUT2D eigenvalue weighted by molar-refractivity contribution is 6.32. The molecule has 0 aliphatic carbocycles.